The van der Waals surface area contributed by atoms with E-state index in [0.29, 0.717) is 0 Å². The summed E-state index contributed by atoms with van der Waals surface area (Å²) in [7, 11) is 0. The molecule has 1 saturated heterocycles. The highest BCUT2D eigenvalue weighted by atomic mass is 32.1. The third kappa shape index (κ3) is 4.98. The number of hydrogen-bond donors (Lipinski definition) is 0. The molecule has 5 heteroatoms. The van der Waals surface area contributed by atoms with Gasteiger partial charge in [-0.15, -0.1) is 11.3 Å². The van der Waals surface area contributed by atoms with E-state index in [2.05, 4.69) is 69.4 Å². The highest BCUT2D eigenvalue weighted by Crippen LogP contribution is 2.20. The molecule has 1 aliphatic heterocycles. The summed E-state index contributed by atoms with van der Waals surface area (Å²) < 4.78 is 7.85. The predicted molar refractivity (Wildman–Crippen MR) is 115 cm³/mol. The Bertz CT molecular complexity index is 912. The normalized spacial score (nSPS) is 15.8. The van der Waals surface area contributed by atoms with Gasteiger partial charge in [-0.2, -0.15) is 0 Å². The SMILES string of the molecule is c1ccc(CN=c2scc(-c3ccccc3)n2CCCN2CCOCC2)cc1. The third-order valence-electron chi connectivity index (χ3n) is 5.07. The predicted octanol–water partition coefficient (Wildman–Crippen LogP) is 4.04. The van der Waals surface area contributed by atoms with Crippen molar-refractivity contribution in [3.63, 3.8) is 0 Å². The number of rotatable bonds is 7. The number of aromatic nitrogens is 1. The van der Waals surface area contributed by atoms with Crippen LogP contribution in [0.3, 0.4) is 0 Å². The Kier molecular flexibility index (Phi) is 6.71. The smallest absolute Gasteiger partial charge is 0.185 e. The average Bonchev–Trinajstić information content (AvgIpc) is 3.17. The van der Waals surface area contributed by atoms with E-state index in [-0.39, 0.29) is 0 Å². The largest absolute Gasteiger partial charge is 0.379 e. The number of benzene rings is 2. The van der Waals surface area contributed by atoms with Crippen molar-refractivity contribution in [3.8, 4) is 11.3 Å². The number of thiazole rings is 1. The summed E-state index contributed by atoms with van der Waals surface area (Å²) in [6, 6.07) is 21.1. The Morgan fingerprint density at radius 1 is 0.893 bits per heavy atom. The van der Waals surface area contributed by atoms with Crippen molar-refractivity contribution in [1.29, 1.82) is 0 Å². The first-order valence-electron chi connectivity index (χ1n) is 9.98. The molecule has 3 aromatic rings. The van der Waals surface area contributed by atoms with Crippen LogP contribution in [0, 0.1) is 0 Å². The minimum Gasteiger partial charge on any atom is -0.379 e. The molecule has 0 spiro atoms. The molecular weight excluding hydrogens is 366 g/mol. The van der Waals surface area contributed by atoms with Gasteiger partial charge in [-0.25, -0.2) is 0 Å². The van der Waals surface area contributed by atoms with E-state index in [4.69, 9.17) is 9.73 Å². The van der Waals surface area contributed by atoms with E-state index in [9.17, 15) is 0 Å². The zero-order valence-electron chi connectivity index (χ0n) is 16.2. The van der Waals surface area contributed by atoms with Gasteiger partial charge in [-0.3, -0.25) is 9.89 Å². The lowest BCUT2D eigenvalue weighted by Crippen LogP contribution is -2.37. The van der Waals surface area contributed by atoms with Crippen LogP contribution in [-0.4, -0.2) is 42.3 Å². The van der Waals surface area contributed by atoms with E-state index in [1.165, 1.54) is 16.8 Å². The standard InChI is InChI=1S/C23H27N3OS/c1-3-8-20(9-4-1)18-24-23-26(13-7-12-25-14-16-27-17-15-25)22(19-28-23)21-10-5-2-6-11-21/h1-6,8-11,19H,7,12-18H2. The Labute approximate surface area is 170 Å². The van der Waals surface area contributed by atoms with Crippen molar-refractivity contribution in [2.75, 3.05) is 32.8 Å². The van der Waals surface area contributed by atoms with Gasteiger partial charge in [0.1, 0.15) is 0 Å². The first-order valence-corrected chi connectivity index (χ1v) is 10.9. The molecule has 1 fully saturated rings. The maximum atomic E-state index is 5.46. The minimum atomic E-state index is 0.721. The van der Waals surface area contributed by atoms with Gasteiger partial charge < -0.3 is 9.30 Å². The van der Waals surface area contributed by atoms with Crippen molar-refractivity contribution in [3.05, 3.63) is 76.4 Å². The van der Waals surface area contributed by atoms with Crippen molar-refractivity contribution < 1.29 is 4.74 Å². The Hall–Kier alpha value is -2.21. The van der Waals surface area contributed by atoms with Crippen LogP contribution in [0.15, 0.2) is 71.0 Å². The number of morpholine rings is 1. The second-order valence-corrected chi connectivity index (χ2v) is 7.87. The summed E-state index contributed by atoms with van der Waals surface area (Å²) >= 11 is 1.74. The zero-order chi connectivity index (χ0) is 19.0. The molecular formula is C23H27N3OS. The van der Waals surface area contributed by atoms with Crippen molar-refractivity contribution >= 4 is 11.3 Å². The second kappa shape index (κ2) is 9.82. The molecule has 0 N–H and O–H groups in total. The fourth-order valence-electron chi connectivity index (χ4n) is 3.53. The van der Waals surface area contributed by atoms with Gasteiger partial charge in [0, 0.05) is 31.6 Å². The van der Waals surface area contributed by atoms with Crippen LogP contribution in [0.1, 0.15) is 12.0 Å². The molecule has 146 valence electrons. The van der Waals surface area contributed by atoms with Gasteiger partial charge >= 0.3 is 0 Å². The van der Waals surface area contributed by atoms with Gasteiger partial charge in [0.25, 0.3) is 0 Å². The summed E-state index contributed by atoms with van der Waals surface area (Å²) in [5.41, 5.74) is 3.77. The topological polar surface area (TPSA) is 29.8 Å². The average molecular weight is 394 g/mol. The summed E-state index contributed by atoms with van der Waals surface area (Å²) in [6.07, 6.45) is 1.12. The lowest BCUT2D eigenvalue weighted by atomic mass is 10.2. The molecule has 0 amide bonds. The molecule has 28 heavy (non-hydrogen) atoms. The van der Waals surface area contributed by atoms with E-state index in [1.54, 1.807) is 11.3 Å². The van der Waals surface area contributed by atoms with Crippen molar-refractivity contribution in [2.45, 2.75) is 19.5 Å². The fraction of sp³-hybridized carbons (Fsp3) is 0.348. The Morgan fingerprint density at radius 2 is 1.61 bits per heavy atom. The van der Waals surface area contributed by atoms with Crippen LogP contribution in [0.2, 0.25) is 0 Å². The van der Waals surface area contributed by atoms with Gasteiger partial charge in [0.2, 0.25) is 0 Å². The molecule has 0 radical (unpaired) electrons. The molecule has 2 heterocycles. The molecule has 0 aliphatic carbocycles. The van der Waals surface area contributed by atoms with Crippen LogP contribution < -0.4 is 4.80 Å². The quantitative estimate of drug-likeness (QED) is 0.606. The number of hydrogen-bond acceptors (Lipinski definition) is 4. The molecule has 0 unspecified atom stereocenters. The van der Waals surface area contributed by atoms with E-state index in [1.807, 2.05) is 6.07 Å². The molecule has 2 aromatic carbocycles. The number of nitrogens with zero attached hydrogens (tertiary/aromatic N) is 3. The Morgan fingerprint density at radius 3 is 2.36 bits per heavy atom. The maximum Gasteiger partial charge on any atom is 0.185 e. The lowest BCUT2D eigenvalue weighted by Gasteiger charge is -2.26. The van der Waals surface area contributed by atoms with Gasteiger partial charge in [0.05, 0.1) is 25.5 Å². The van der Waals surface area contributed by atoms with Crippen LogP contribution in [0.4, 0.5) is 0 Å². The van der Waals surface area contributed by atoms with Gasteiger partial charge in [-0.1, -0.05) is 60.7 Å². The minimum absolute atomic E-state index is 0.721. The highest BCUT2D eigenvalue weighted by molar-refractivity contribution is 7.07. The van der Waals surface area contributed by atoms with E-state index in [0.717, 1.165) is 57.2 Å². The molecule has 0 saturated carbocycles. The molecule has 0 atom stereocenters. The second-order valence-electron chi connectivity index (χ2n) is 7.03. The summed E-state index contributed by atoms with van der Waals surface area (Å²) in [6.45, 7) is 6.63. The maximum absolute atomic E-state index is 5.46. The molecule has 4 nitrogen and oxygen atoms in total. The Balaban J connectivity index is 1.54. The molecule has 1 aromatic heterocycles. The monoisotopic (exact) mass is 393 g/mol. The summed E-state index contributed by atoms with van der Waals surface area (Å²) in [5.74, 6) is 0. The lowest BCUT2D eigenvalue weighted by molar-refractivity contribution is 0.0369. The van der Waals surface area contributed by atoms with Crippen LogP contribution in [0.25, 0.3) is 11.3 Å². The van der Waals surface area contributed by atoms with Gasteiger partial charge in [0.15, 0.2) is 4.80 Å². The van der Waals surface area contributed by atoms with Crippen LogP contribution in [0.5, 0.6) is 0 Å². The first kappa shape index (κ1) is 19.1. The third-order valence-corrected chi connectivity index (χ3v) is 5.97. The molecule has 4 rings (SSSR count). The van der Waals surface area contributed by atoms with E-state index >= 15 is 0 Å². The fourth-order valence-corrected chi connectivity index (χ4v) is 4.47. The molecule has 1 aliphatic rings. The highest BCUT2D eigenvalue weighted by Gasteiger charge is 2.11. The zero-order valence-corrected chi connectivity index (χ0v) is 17.0. The van der Waals surface area contributed by atoms with Crippen molar-refractivity contribution in [1.82, 2.24) is 9.47 Å². The first-order chi connectivity index (χ1) is 13.9. The summed E-state index contributed by atoms with van der Waals surface area (Å²) in [5, 5.41) is 2.24. The summed E-state index contributed by atoms with van der Waals surface area (Å²) in [4.78, 5) is 8.54. The van der Waals surface area contributed by atoms with Gasteiger partial charge in [-0.05, 0) is 17.5 Å². The van der Waals surface area contributed by atoms with E-state index < -0.39 is 0 Å². The van der Waals surface area contributed by atoms with Crippen LogP contribution in [-0.2, 0) is 17.8 Å². The van der Waals surface area contributed by atoms with Crippen LogP contribution >= 0.6 is 11.3 Å². The van der Waals surface area contributed by atoms with Crippen molar-refractivity contribution in [2.24, 2.45) is 4.99 Å². The molecule has 0 bridgehead atoms. The number of ether oxygens (including phenoxy) is 1.